The Bertz CT molecular complexity index is 613. The molecule has 0 unspecified atom stereocenters. The van der Waals surface area contributed by atoms with Gasteiger partial charge in [-0.05, 0) is 18.6 Å². The van der Waals surface area contributed by atoms with Gasteiger partial charge in [0.1, 0.15) is 0 Å². The molecule has 1 saturated carbocycles. The van der Waals surface area contributed by atoms with Gasteiger partial charge in [0.25, 0.3) is 0 Å². The summed E-state index contributed by atoms with van der Waals surface area (Å²) in [6.45, 7) is 9.43. The average Bonchev–Trinajstić information content (AvgIpc) is 3.08. The number of carbonyl (C=O) groups excluding carboxylic acids is 1. The molecule has 1 aliphatic carbocycles. The molecule has 0 aromatic carbocycles. The Balaban J connectivity index is 1.27. The van der Waals surface area contributed by atoms with Crippen LogP contribution in [0.5, 0.6) is 0 Å². The van der Waals surface area contributed by atoms with E-state index in [2.05, 4.69) is 35.1 Å². The molecule has 0 spiro atoms. The Morgan fingerprint density at radius 3 is 2.84 bits per heavy atom. The third kappa shape index (κ3) is 3.13. The molecule has 1 aromatic heterocycles. The minimum atomic E-state index is 0.0393. The molecule has 3 fully saturated rings. The van der Waals surface area contributed by atoms with Crippen molar-refractivity contribution in [1.29, 1.82) is 0 Å². The van der Waals surface area contributed by atoms with Crippen molar-refractivity contribution >= 4 is 6.03 Å². The van der Waals surface area contributed by atoms with Crippen molar-refractivity contribution < 1.29 is 9.53 Å². The SMILES string of the molecule is CC1(C)[C@@H](NC(=O)N2CCN(Cc3ccccn3)CC2)[C@@H]2CCO[C@@H]21. The number of nitrogens with zero attached hydrogens (tertiary/aromatic N) is 3. The van der Waals surface area contributed by atoms with Crippen molar-refractivity contribution in [2.24, 2.45) is 11.3 Å². The standard InChI is InChI=1S/C19H28N4O2/c1-19(2)16(15-6-12-25-17(15)19)21-18(24)23-10-8-22(9-11-23)13-14-5-3-4-7-20-14/h3-5,7,15-17H,6,8-13H2,1-2H3,(H,21,24)/t15-,16-,17-/m0/s1. The van der Waals surface area contributed by atoms with E-state index in [-0.39, 0.29) is 17.5 Å². The third-order valence-electron chi connectivity index (χ3n) is 6.15. The van der Waals surface area contributed by atoms with Gasteiger partial charge in [-0.15, -0.1) is 0 Å². The van der Waals surface area contributed by atoms with Gasteiger partial charge in [0.2, 0.25) is 0 Å². The minimum absolute atomic E-state index is 0.0393. The lowest BCUT2D eigenvalue weighted by Gasteiger charge is -2.55. The Hall–Kier alpha value is -1.66. The van der Waals surface area contributed by atoms with Crippen molar-refractivity contribution in [3.8, 4) is 0 Å². The molecule has 1 N–H and O–H groups in total. The zero-order valence-corrected chi connectivity index (χ0v) is 15.1. The van der Waals surface area contributed by atoms with Gasteiger partial charge in [0, 0.05) is 62.9 Å². The predicted molar refractivity (Wildman–Crippen MR) is 95.0 cm³/mol. The summed E-state index contributed by atoms with van der Waals surface area (Å²) in [7, 11) is 0. The van der Waals surface area contributed by atoms with Gasteiger partial charge in [-0.25, -0.2) is 4.79 Å². The number of ether oxygens (including phenoxy) is 1. The first kappa shape index (κ1) is 16.8. The largest absolute Gasteiger partial charge is 0.377 e. The van der Waals surface area contributed by atoms with Gasteiger partial charge >= 0.3 is 6.03 Å². The highest BCUT2D eigenvalue weighted by molar-refractivity contribution is 5.75. The summed E-state index contributed by atoms with van der Waals surface area (Å²) in [6.07, 6.45) is 3.21. The Labute approximate surface area is 149 Å². The van der Waals surface area contributed by atoms with Gasteiger partial charge < -0.3 is 15.0 Å². The molecule has 3 atom stereocenters. The van der Waals surface area contributed by atoms with E-state index in [4.69, 9.17) is 4.74 Å². The predicted octanol–water partition coefficient (Wildman–Crippen LogP) is 1.72. The van der Waals surface area contributed by atoms with Crippen LogP contribution in [0.25, 0.3) is 0 Å². The van der Waals surface area contributed by atoms with Crippen molar-refractivity contribution in [3.63, 3.8) is 0 Å². The van der Waals surface area contributed by atoms with Gasteiger partial charge in [0.15, 0.2) is 0 Å². The average molecular weight is 344 g/mol. The normalized spacial score (nSPS) is 31.3. The lowest BCUT2D eigenvalue weighted by Crippen LogP contribution is -2.68. The molecule has 136 valence electrons. The number of aromatic nitrogens is 1. The quantitative estimate of drug-likeness (QED) is 0.907. The molecule has 2 saturated heterocycles. The lowest BCUT2D eigenvalue weighted by molar-refractivity contribution is -0.109. The first-order chi connectivity index (χ1) is 12.1. The summed E-state index contributed by atoms with van der Waals surface area (Å²) in [5.41, 5.74) is 1.13. The zero-order valence-electron chi connectivity index (χ0n) is 15.1. The van der Waals surface area contributed by atoms with Gasteiger partial charge in [-0.1, -0.05) is 19.9 Å². The first-order valence-electron chi connectivity index (χ1n) is 9.35. The molecular weight excluding hydrogens is 316 g/mol. The second-order valence-electron chi connectivity index (χ2n) is 8.08. The van der Waals surface area contributed by atoms with Crippen LogP contribution in [0.1, 0.15) is 26.0 Å². The first-order valence-corrected chi connectivity index (χ1v) is 9.35. The molecule has 3 heterocycles. The van der Waals surface area contributed by atoms with Gasteiger partial charge in [0.05, 0.1) is 11.8 Å². The summed E-state index contributed by atoms with van der Waals surface area (Å²) >= 11 is 0. The summed E-state index contributed by atoms with van der Waals surface area (Å²) < 4.78 is 5.82. The molecule has 6 heteroatoms. The highest BCUT2D eigenvalue weighted by Crippen LogP contribution is 2.52. The number of urea groups is 1. The second-order valence-corrected chi connectivity index (χ2v) is 8.08. The number of pyridine rings is 1. The molecular formula is C19H28N4O2. The van der Waals surface area contributed by atoms with E-state index in [0.717, 1.165) is 51.4 Å². The maximum absolute atomic E-state index is 12.7. The minimum Gasteiger partial charge on any atom is -0.377 e. The monoisotopic (exact) mass is 344 g/mol. The van der Waals surface area contributed by atoms with Crippen LogP contribution in [0.2, 0.25) is 0 Å². The fourth-order valence-electron chi connectivity index (χ4n) is 4.67. The zero-order chi connectivity index (χ0) is 17.4. The number of piperazine rings is 1. The smallest absolute Gasteiger partial charge is 0.317 e. The molecule has 25 heavy (non-hydrogen) atoms. The topological polar surface area (TPSA) is 57.7 Å². The highest BCUT2D eigenvalue weighted by atomic mass is 16.5. The van der Waals surface area contributed by atoms with E-state index < -0.39 is 0 Å². The second kappa shape index (κ2) is 6.57. The lowest BCUT2D eigenvalue weighted by atomic mass is 9.57. The molecule has 2 amide bonds. The number of carbonyl (C=O) groups is 1. The number of fused-ring (bicyclic) bond motifs is 1. The van der Waals surface area contributed by atoms with E-state index >= 15 is 0 Å². The van der Waals surface area contributed by atoms with Crippen LogP contribution in [0.3, 0.4) is 0 Å². The fraction of sp³-hybridized carbons (Fsp3) is 0.684. The molecule has 0 bridgehead atoms. The highest BCUT2D eigenvalue weighted by Gasteiger charge is 2.60. The molecule has 2 aliphatic heterocycles. The van der Waals surface area contributed by atoms with E-state index in [1.807, 2.05) is 23.2 Å². The molecule has 1 aromatic rings. The van der Waals surface area contributed by atoms with Crippen LogP contribution in [-0.4, -0.2) is 65.7 Å². The molecule has 0 radical (unpaired) electrons. The van der Waals surface area contributed by atoms with Crippen LogP contribution in [0.4, 0.5) is 4.79 Å². The summed E-state index contributed by atoms with van der Waals surface area (Å²) in [6, 6.07) is 6.33. The third-order valence-corrected chi connectivity index (χ3v) is 6.15. The van der Waals surface area contributed by atoms with Crippen molar-refractivity contribution in [3.05, 3.63) is 30.1 Å². The molecule has 4 rings (SSSR count). The number of hydrogen-bond acceptors (Lipinski definition) is 4. The van der Waals surface area contributed by atoms with E-state index in [1.165, 1.54) is 0 Å². The number of amides is 2. The Morgan fingerprint density at radius 2 is 2.12 bits per heavy atom. The van der Waals surface area contributed by atoms with Crippen LogP contribution in [0, 0.1) is 11.3 Å². The van der Waals surface area contributed by atoms with Crippen molar-refractivity contribution in [2.45, 2.75) is 39.0 Å². The van der Waals surface area contributed by atoms with Crippen molar-refractivity contribution in [1.82, 2.24) is 20.1 Å². The number of rotatable bonds is 3. The number of hydrogen-bond donors (Lipinski definition) is 1. The Morgan fingerprint density at radius 1 is 1.32 bits per heavy atom. The van der Waals surface area contributed by atoms with E-state index in [1.54, 1.807) is 0 Å². The maximum atomic E-state index is 12.7. The van der Waals surface area contributed by atoms with Gasteiger partial charge in [-0.3, -0.25) is 9.88 Å². The van der Waals surface area contributed by atoms with Crippen LogP contribution in [0.15, 0.2) is 24.4 Å². The van der Waals surface area contributed by atoms with Crippen molar-refractivity contribution in [2.75, 3.05) is 32.8 Å². The van der Waals surface area contributed by atoms with E-state index in [0.29, 0.717) is 12.0 Å². The summed E-state index contributed by atoms with van der Waals surface area (Å²) in [5, 5.41) is 3.29. The maximum Gasteiger partial charge on any atom is 0.317 e. The van der Waals surface area contributed by atoms with E-state index in [9.17, 15) is 4.79 Å². The van der Waals surface area contributed by atoms with Crippen LogP contribution < -0.4 is 5.32 Å². The summed E-state index contributed by atoms with van der Waals surface area (Å²) in [4.78, 5) is 21.4. The Kier molecular flexibility index (Phi) is 4.41. The van der Waals surface area contributed by atoms with Crippen LogP contribution in [-0.2, 0) is 11.3 Å². The fourth-order valence-corrected chi connectivity index (χ4v) is 4.67. The summed E-state index contributed by atoms with van der Waals surface area (Å²) in [5.74, 6) is 0.490. The molecule has 3 aliphatic rings. The van der Waals surface area contributed by atoms with Gasteiger partial charge in [-0.2, -0.15) is 0 Å². The molecule has 6 nitrogen and oxygen atoms in total. The number of nitrogens with one attached hydrogen (secondary N) is 1. The van der Waals surface area contributed by atoms with Crippen LogP contribution >= 0.6 is 0 Å².